The number of benzene rings is 1. The molecule has 0 radical (unpaired) electrons. The predicted octanol–water partition coefficient (Wildman–Crippen LogP) is 3.59. The molecule has 0 saturated carbocycles. The molecular weight excluding hydrogens is 452 g/mol. The highest BCUT2D eigenvalue weighted by Gasteiger charge is 2.32. The van der Waals surface area contributed by atoms with Crippen molar-refractivity contribution in [3.05, 3.63) is 45.8 Å². The summed E-state index contributed by atoms with van der Waals surface area (Å²) < 4.78 is 38.1. The molecule has 10 heteroatoms. The van der Waals surface area contributed by atoms with Gasteiger partial charge in [0.1, 0.15) is 5.00 Å². The fraction of sp³-hybridized carbons (Fsp3) is 0.455. The van der Waals surface area contributed by atoms with E-state index < -0.39 is 21.9 Å². The van der Waals surface area contributed by atoms with Crippen LogP contribution in [0.25, 0.3) is 0 Å². The van der Waals surface area contributed by atoms with Crippen LogP contribution in [0.4, 0.5) is 5.00 Å². The van der Waals surface area contributed by atoms with E-state index in [1.165, 1.54) is 39.9 Å². The molecule has 2 aromatic rings. The van der Waals surface area contributed by atoms with Crippen LogP contribution in [0.3, 0.4) is 0 Å². The van der Waals surface area contributed by atoms with E-state index in [2.05, 4.69) is 5.32 Å². The Bertz CT molecular complexity index is 1100. The molecule has 32 heavy (non-hydrogen) atoms. The van der Waals surface area contributed by atoms with Crippen LogP contribution in [0, 0.1) is 13.8 Å². The number of carbonyl (C=O) groups is 2. The van der Waals surface area contributed by atoms with Gasteiger partial charge in [-0.3, -0.25) is 4.79 Å². The van der Waals surface area contributed by atoms with Crippen molar-refractivity contribution in [3.63, 3.8) is 0 Å². The van der Waals surface area contributed by atoms with Gasteiger partial charge >= 0.3 is 5.97 Å². The molecular formula is C22H28N2O6S2. The summed E-state index contributed by atoms with van der Waals surface area (Å²) in [5.41, 5.74) is 1.39. The van der Waals surface area contributed by atoms with Crippen molar-refractivity contribution in [2.75, 3.05) is 25.0 Å². The Balaban J connectivity index is 1.79. The summed E-state index contributed by atoms with van der Waals surface area (Å²) in [6, 6.07) is 5.78. The minimum Gasteiger partial charge on any atom is -0.462 e. The standard InChI is InChI=1S/C22H28N2O6S2/c1-6-29-22(26)19-15(4)16(5)31-21(19)23-20(25)17-7-9-18(10-8-17)32(27,28)24-11-13(2)30-14(3)12-24/h7-10,13-14H,6,11-12H2,1-5H3,(H,23,25)/t13-,14-/m0/s1. The van der Waals surface area contributed by atoms with Gasteiger partial charge in [-0.1, -0.05) is 0 Å². The van der Waals surface area contributed by atoms with Gasteiger partial charge in [-0.05, 0) is 64.4 Å². The molecule has 174 valence electrons. The minimum absolute atomic E-state index is 0.116. The zero-order valence-corrected chi connectivity index (χ0v) is 20.4. The number of esters is 1. The Labute approximate surface area is 192 Å². The van der Waals surface area contributed by atoms with Crippen molar-refractivity contribution < 1.29 is 27.5 Å². The number of rotatable bonds is 6. The summed E-state index contributed by atoms with van der Waals surface area (Å²) in [5.74, 6) is -0.922. The molecule has 1 aliphatic rings. The molecule has 1 amide bonds. The minimum atomic E-state index is -3.69. The Hall–Kier alpha value is -2.27. The SMILES string of the molecule is CCOC(=O)c1c(NC(=O)c2ccc(S(=O)(=O)N3C[C@H](C)O[C@@H](C)C3)cc2)sc(C)c1C. The summed E-state index contributed by atoms with van der Waals surface area (Å²) >= 11 is 1.30. The molecule has 0 aliphatic carbocycles. The van der Waals surface area contributed by atoms with E-state index in [0.29, 0.717) is 10.6 Å². The first kappa shape index (κ1) is 24.4. The zero-order chi connectivity index (χ0) is 23.6. The fourth-order valence-corrected chi connectivity index (χ4v) is 6.23. The maximum Gasteiger partial charge on any atom is 0.341 e. The van der Waals surface area contributed by atoms with Crippen molar-refractivity contribution in [3.8, 4) is 0 Å². The van der Waals surface area contributed by atoms with E-state index in [4.69, 9.17) is 9.47 Å². The first-order chi connectivity index (χ1) is 15.0. The number of ether oxygens (including phenoxy) is 2. The average molecular weight is 481 g/mol. The fourth-order valence-electron chi connectivity index (χ4n) is 3.59. The first-order valence-corrected chi connectivity index (χ1v) is 12.6. The molecule has 0 unspecified atom stereocenters. The van der Waals surface area contributed by atoms with Gasteiger partial charge in [0.05, 0.1) is 29.3 Å². The van der Waals surface area contributed by atoms with Gasteiger partial charge < -0.3 is 14.8 Å². The number of nitrogens with zero attached hydrogens (tertiary/aromatic N) is 1. The lowest BCUT2D eigenvalue weighted by molar-refractivity contribution is -0.0440. The largest absolute Gasteiger partial charge is 0.462 e. The average Bonchev–Trinajstić information content (AvgIpc) is 3.00. The quantitative estimate of drug-likeness (QED) is 0.634. The smallest absolute Gasteiger partial charge is 0.341 e. The number of carbonyl (C=O) groups excluding carboxylic acids is 2. The highest BCUT2D eigenvalue weighted by molar-refractivity contribution is 7.89. The van der Waals surface area contributed by atoms with Crippen LogP contribution in [-0.4, -0.2) is 56.5 Å². The third kappa shape index (κ3) is 5.03. The summed E-state index contributed by atoms with van der Waals surface area (Å²) in [7, 11) is -3.69. The molecule has 0 bridgehead atoms. The molecule has 1 N–H and O–H groups in total. The molecule has 1 aliphatic heterocycles. The van der Waals surface area contributed by atoms with Gasteiger partial charge in [-0.15, -0.1) is 11.3 Å². The van der Waals surface area contributed by atoms with Crippen LogP contribution in [0.2, 0.25) is 0 Å². The van der Waals surface area contributed by atoms with Gasteiger partial charge in [0, 0.05) is 23.5 Å². The molecule has 1 aromatic carbocycles. The lowest BCUT2D eigenvalue weighted by Gasteiger charge is -2.34. The second kappa shape index (κ2) is 9.70. The molecule has 2 heterocycles. The van der Waals surface area contributed by atoms with Gasteiger partial charge in [0.2, 0.25) is 10.0 Å². The Morgan fingerprint density at radius 2 is 1.75 bits per heavy atom. The van der Waals surface area contributed by atoms with Gasteiger partial charge in [-0.25, -0.2) is 13.2 Å². The maximum atomic E-state index is 13.0. The predicted molar refractivity (Wildman–Crippen MR) is 123 cm³/mol. The maximum absolute atomic E-state index is 13.0. The van der Waals surface area contributed by atoms with Crippen molar-refractivity contribution in [2.24, 2.45) is 0 Å². The molecule has 3 rings (SSSR count). The Morgan fingerprint density at radius 1 is 1.16 bits per heavy atom. The van der Waals surface area contributed by atoms with E-state index in [1.807, 2.05) is 20.8 Å². The summed E-state index contributed by atoms with van der Waals surface area (Å²) in [6.07, 6.45) is -0.380. The lowest BCUT2D eigenvalue weighted by atomic mass is 10.1. The Kier molecular flexibility index (Phi) is 7.39. The number of nitrogens with one attached hydrogen (secondary N) is 1. The van der Waals surface area contributed by atoms with Crippen LogP contribution in [-0.2, 0) is 19.5 Å². The third-order valence-corrected chi connectivity index (χ3v) is 8.20. The van der Waals surface area contributed by atoms with Crippen LogP contribution >= 0.6 is 11.3 Å². The summed E-state index contributed by atoms with van der Waals surface area (Å²) in [6.45, 7) is 9.86. The van der Waals surface area contributed by atoms with E-state index in [1.54, 1.807) is 13.8 Å². The number of thiophene rings is 1. The van der Waals surface area contributed by atoms with Gasteiger partial charge in [0.25, 0.3) is 5.91 Å². The van der Waals surface area contributed by atoms with Gasteiger partial charge in [-0.2, -0.15) is 4.31 Å². The third-order valence-electron chi connectivity index (χ3n) is 5.23. The molecule has 8 nitrogen and oxygen atoms in total. The number of anilines is 1. The zero-order valence-electron chi connectivity index (χ0n) is 18.8. The van der Waals surface area contributed by atoms with Gasteiger partial charge in [0.15, 0.2) is 0 Å². The Morgan fingerprint density at radius 3 is 2.31 bits per heavy atom. The first-order valence-electron chi connectivity index (χ1n) is 10.4. The number of amides is 1. The van der Waals surface area contributed by atoms with Crippen molar-refractivity contribution in [1.29, 1.82) is 0 Å². The van der Waals surface area contributed by atoms with Crippen LogP contribution in [0.1, 0.15) is 51.9 Å². The summed E-state index contributed by atoms with van der Waals surface area (Å²) in [5, 5.41) is 3.18. The molecule has 1 fully saturated rings. The second-order valence-corrected chi connectivity index (χ2v) is 10.9. The van der Waals surface area contributed by atoms with E-state index in [-0.39, 0.29) is 42.4 Å². The lowest BCUT2D eigenvalue weighted by Crippen LogP contribution is -2.48. The van der Waals surface area contributed by atoms with E-state index >= 15 is 0 Å². The molecule has 2 atom stereocenters. The highest BCUT2D eigenvalue weighted by Crippen LogP contribution is 2.33. The van der Waals surface area contributed by atoms with Crippen molar-refractivity contribution in [1.82, 2.24) is 4.31 Å². The second-order valence-electron chi connectivity index (χ2n) is 7.77. The van der Waals surface area contributed by atoms with Crippen molar-refractivity contribution >= 4 is 38.2 Å². The van der Waals surface area contributed by atoms with E-state index in [9.17, 15) is 18.0 Å². The normalized spacial score (nSPS) is 19.5. The highest BCUT2D eigenvalue weighted by atomic mass is 32.2. The monoisotopic (exact) mass is 480 g/mol. The summed E-state index contributed by atoms with van der Waals surface area (Å²) in [4.78, 5) is 26.1. The topological polar surface area (TPSA) is 102 Å². The van der Waals surface area contributed by atoms with Crippen LogP contribution in [0.5, 0.6) is 0 Å². The number of morpholine rings is 1. The molecule has 1 saturated heterocycles. The number of sulfonamides is 1. The molecule has 0 spiro atoms. The number of hydrogen-bond donors (Lipinski definition) is 1. The number of aryl methyl sites for hydroxylation is 1. The van der Waals surface area contributed by atoms with Crippen LogP contribution < -0.4 is 5.32 Å². The van der Waals surface area contributed by atoms with E-state index in [0.717, 1.165) is 10.4 Å². The number of hydrogen-bond acceptors (Lipinski definition) is 7. The van der Waals surface area contributed by atoms with Crippen LogP contribution in [0.15, 0.2) is 29.2 Å². The molecule has 1 aromatic heterocycles. The van der Waals surface area contributed by atoms with Crippen molar-refractivity contribution in [2.45, 2.75) is 51.7 Å².